The number of fused-ring (bicyclic) bond motifs is 3. The normalized spacial score (nSPS) is 14.8. The molecule has 0 atom stereocenters. The van der Waals surface area contributed by atoms with Gasteiger partial charge in [-0.15, -0.1) is 0 Å². The molecule has 2 N–H and O–H groups in total. The molecule has 0 radical (unpaired) electrons. The van der Waals surface area contributed by atoms with Crippen LogP contribution >= 0.6 is 0 Å². The summed E-state index contributed by atoms with van der Waals surface area (Å²) in [7, 11) is 0. The highest BCUT2D eigenvalue weighted by atomic mass is 16.2. The van der Waals surface area contributed by atoms with Gasteiger partial charge in [-0.25, -0.2) is 4.79 Å². The third kappa shape index (κ3) is 2.39. The maximum atomic E-state index is 11.9. The van der Waals surface area contributed by atoms with E-state index >= 15 is 0 Å². The van der Waals surface area contributed by atoms with E-state index in [4.69, 9.17) is 0 Å². The van der Waals surface area contributed by atoms with Gasteiger partial charge in [0.25, 0.3) is 11.8 Å². The van der Waals surface area contributed by atoms with E-state index in [0.29, 0.717) is 0 Å². The molecule has 2 heterocycles. The fourth-order valence-electron chi connectivity index (χ4n) is 3.27. The summed E-state index contributed by atoms with van der Waals surface area (Å²) in [6.07, 6.45) is 1.49. The lowest BCUT2D eigenvalue weighted by Gasteiger charge is -2.13. The molecule has 4 amide bonds. The maximum absolute atomic E-state index is 11.9. The predicted octanol–water partition coefficient (Wildman–Crippen LogP) is 2.56. The number of aryl methyl sites for hydroxylation is 1. The largest absolute Gasteiger partial charge is 0.341 e. The van der Waals surface area contributed by atoms with E-state index in [2.05, 4.69) is 34.3 Å². The number of carbonyl (C=O) groups is 3. The van der Waals surface area contributed by atoms with Crippen molar-refractivity contribution in [3.8, 4) is 0 Å². The number of barbiturate groups is 1. The monoisotopic (exact) mass is 333 g/mol. The molecule has 0 unspecified atom stereocenters. The number of imide groups is 2. The van der Waals surface area contributed by atoms with Crippen molar-refractivity contribution in [1.29, 1.82) is 0 Å². The Labute approximate surface area is 143 Å². The average Bonchev–Trinajstić information content (AvgIpc) is 2.91. The maximum Gasteiger partial charge on any atom is 0.328 e. The van der Waals surface area contributed by atoms with Gasteiger partial charge in [0.15, 0.2) is 0 Å². The summed E-state index contributed by atoms with van der Waals surface area (Å²) >= 11 is 0. The van der Waals surface area contributed by atoms with Gasteiger partial charge in [-0.2, -0.15) is 0 Å². The van der Waals surface area contributed by atoms with Crippen LogP contribution in [-0.2, 0) is 16.1 Å². The Morgan fingerprint density at radius 1 is 0.920 bits per heavy atom. The summed E-state index contributed by atoms with van der Waals surface area (Å²) < 4.78 is 2.22. The lowest BCUT2D eigenvalue weighted by Crippen LogP contribution is -2.51. The number of aromatic nitrogens is 1. The van der Waals surface area contributed by atoms with E-state index in [9.17, 15) is 14.4 Å². The van der Waals surface area contributed by atoms with E-state index in [1.165, 1.54) is 6.08 Å². The van der Waals surface area contributed by atoms with Crippen molar-refractivity contribution < 1.29 is 14.4 Å². The van der Waals surface area contributed by atoms with Crippen molar-refractivity contribution in [3.63, 3.8) is 0 Å². The first kappa shape index (κ1) is 15.1. The number of para-hydroxylation sites is 1. The molecule has 1 aliphatic heterocycles. The summed E-state index contributed by atoms with van der Waals surface area (Å²) in [5.41, 5.74) is 2.88. The fraction of sp³-hybridized carbons (Fsp3) is 0.105. The molecule has 1 aromatic heterocycles. The Morgan fingerprint density at radius 2 is 1.60 bits per heavy atom. The zero-order valence-corrected chi connectivity index (χ0v) is 13.5. The molecule has 6 nitrogen and oxygen atoms in total. The molecule has 124 valence electrons. The number of nitrogens with one attached hydrogen (secondary N) is 2. The standard InChI is InChI=1S/C19H15N3O3/c1-2-22-15-6-4-3-5-12(15)13-9-11(7-8-16(13)22)10-14-17(23)20-19(25)21-18(14)24/h3-10H,2H2,1H3,(H2,20,21,23,24,25). The molecule has 4 rings (SSSR count). The van der Waals surface area contributed by atoms with Crippen LogP contribution in [-0.4, -0.2) is 22.4 Å². The number of hydrogen-bond donors (Lipinski definition) is 2. The molecule has 25 heavy (non-hydrogen) atoms. The highest BCUT2D eigenvalue weighted by Crippen LogP contribution is 2.30. The Hall–Kier alpha value is -3.41. The highest BCUT2D eigenvalue weighted by Gasteiger charge is 2.27. The van der Waals surface area contributed by atoms with Gasteiger partial charge in [-0.1, -0.05) is 24.3 Å². The SMILES string of the molecule is CCn1c2ccccc2c2cc(C=C3C(=O)NC(=O)NC3=O)ccc21. The van der Waals surface area contributed by atoms with Crippen LogP contribution in [0, 0.1) is 0 Å². The highest BCUT2D eigenvalue weighted by molar-refractivity contribution is 6.31. The molecule has 1 saturated heterocycles. The quantitative estimate of drug-likeness (QED) is 0.559. The number of hydrogen-bond acceptors (Lipinski definition) is 3. The number of carbonyl (C=O) groups excluding carboxylic acids is 3. The van der Waals surface area contributed by atoms with Gasteiger partial charge in [-0.05, 0) is 36.8 Å². The predicted molar refractivity (Wildman–Crippen MR) is 94.8 cm³/mol. The zero-order chi connectivity index (χ0) is 17.6. The summed E-state index contributed by atoms with van der Waals surface area (Å²) in [4.78, 5) is 34.9. The first-order valence-electron chi connectivity index (χ1n) is 7.98. The van der Waals surface area contributed by atoms with Crippen molar-refractivity contribution >= 4 is 45.7 Å². The van der Waals surface area contributed by atoms with Gasteiger partial charge < -0.3 is 4.57 Å². The van der Waals surface area contributed by atoms with Gasteiger partial charge in [0, 0.05) is 28.4 Å². The van der Waals surface area contributed by atoms with Crippen LogP contribution < -0.4 is 10.6 Å². The second-order valence-electron chi connectivity index (χ2n) is 5.83. The first-order chi connectivity index (χ1) is 12.1. The van der Waals surface area contributed by atoms with Crippen LogP contribution in [0.15, 0.2) is 48.0 Å². The minimum absolute atomic E-state index is 0.0850. The second kappa shape index (κ2) is 5.59. The molecule has 1 fully saturated rings. The molecule has 2 aromatic carbocycles. The lowest BCUT2D eigenvalue weighted by atomic mass is 10.1. The molecule has 6 heteroatoms. The van der Waals surface area contributed by atoms with Crippen molar-refractivity contribution in [3.05, 3.63) is 53.6 Å². The van der Waals surface area contributed by atoms with Gasteiger partial charge >= 0.3 is 6.03 Å². The molecule has 3 aromatic rings. The van der Waals surface area contributed by atoms with E-state index in [1.54, 1.807) is 0 Å². The fourth-order valence-corrected chi connectivity index (χ4v) is 3.27. The van der Waals surface area contributed by atoms with Gasteiger partial charge in [0.05, 0.1) is 0 Å². The van der Waals surface area contributed by atoms with Gasteiger partial charge in [0.2, 0.25) is 0 Å². The van der Waals surface area contributed by atoms with Crippen LogP contribution in [0.4, 0.5) is 4.79 Å². The van der Waals surface area contributed by atoms with Crippen molar-refractivity contribution in [2.24, 2.45) is 0 Å². The summed E-state index contributed by atoms with van der Waals surface area (Å²) in [5, 5.41) is 6.33. The van der Waals surface area contributed by atoms with E-state index in [-0.39, 0.29) is 5.57 Å². The number of nitrogens with zero attached hydrogens (tertiary/aromatic N) is 1. The Morgan fingerprint density at radius 3 is 2.32 bits per heavy atom. The van der Waals surface area contributed by atoms with E-state index in [0.717, 1.165) is 33.9 Å². The van der Waals surface area contributed by atoms with E-state index in [1.807, 2.05) is 30.3 Å². The summed E-state index contributed by atoms with van der Waals surface area (Å²) in [5.74, 6) is -1.38. The third-order valence-electron chi connectivity index (χ3n) is 4.37. The molecule has 0 saturated carbocycles. The molecular formula is C19H15N3O3. The number of benzene rings is 2. The Kier molecular flexibility index (Phi) is 3.39. The van der Waals surface area contributed by atoms with Crippen molar-refractivity contribution in [1.82, 2.24) is 15.2 Å². The number of urea groups is 1. The average molecular weight is 333 g/mol. The minimum atomic E-state index is -0.798. The molecule has 1 aliphatic rings. The topological polar surface area (TPSA) is 80.2 Å². The van der Waals surface area contributed by atoms with Crippen LogP contribution in [0.5, 0.6) is 0 Å². The Bertz CT molecular complexity index is 1070. The van der Waals surface area contributed by atoms with E-state index < -0.39 is 17.8 Å². The minimum Gasteiger partial charge on any atom is -0.341 e. The molecule has 0 bridgehead atoms. The van der Waals surface area contributed by atoms with Crippen LogP contribution in [0.1, 0.15) is 12.5 Å². The summed E-state index contributed by atoms with van der Waals surface area (Å²) in [6.45, 7) is 2.94. The van der Waals surface area contributed by atoms with Crippen LogP contribution in [0.25, 0.3) is 27.9 Å². The van der Waals surface area contributed by atoms with Gasteiger partial charge in [0.1, 0.15) is 5.57 Å². The molecular weight excluding hydrogens is 318 g/mol. The number of rotatable bonds is 2. The zero-order valence-electron chi connectivity index (χ0n) is 13.5. The second-order valence-corrected chi connectivity index (χ2v) is 5.83. The lowest BCUT2D eigenvalue weighted by molar-refractivity contribution is -0.123. The van der Waals surface area contributed by atoms with Crippen molar-refractivity contribution in [2.75, 3.05) is 0 Å². The first-order valence-corrected chi connectivity index (χ1v) is 7.98. The van der Waals surface area contributed by atoms with Crippen molar-refractivity contribution in [2.45, 2.75) is 13.5 Å². The summed E-state index contributed by atoms with van der Waals surface area (Å²) in [6, 6.07) is 13.1. The molecule has 0 spiro atoms. The Balaban J connectivity index is 1.89. The number of amides is 4. The van der Waals surface area contributed by atoms with Gasteiger partial charge in [-0.3, -0.25) is 20.2 Å². The smallest absolute Gasteiger partial charge is 0.328 e. The third-order valence-corrected chi connectivity index (χ3v) is 4.37. The van der Waals surface area contributed by atoms with Crippen LogP contribution in [0.3, 0.4) is 0 Å². The van der Waals surface area contributed by atoms with Crippen LogP contribution in [0.2, 0.25) is 0 Å². The molecule has 0 aliphatic carbocycles.